The summed E-state index contributed by atoms with van der Waals surface area (Å²) in [5.74, 6) is -0.759. The zero-order valence-electron chi connectivity index (χ0n) is 12.4. The first-order chi connectivity index (χ1) is 11.7. The number of rotatable bonds is 5. The van der Waals surface area contributed by atoms with Gasteiger partial charge in [0.05, 0.1) is 4.92 Å². The van der Waals surface area contributed by atoms with E-state index in [1.807, 2.05) is 0 Å². The maximum Gasteiger partial charge on any atom is 0.282 e. The Morgan fingerprint density at radius 3 is 2.24 bits per heavy atom. The summed E-state index contributed by atoms with van der Waals surface area (Å²) in [6.45, 7) is 0. The average Bonchev–Trinajstić information content (AvgIpc) is 2.55. The van der Waals surface area contributed by atoms with Crippen LogP contribution < -0.4 is 10.6 Å². The topological polar surface area (TPSA) is 84.3 Å². The number of halogens is 4. The number of hydrogen-bond acceptors (Lipinski definition) is 4. The molecule has 0 aliphatic rings. The fourth-order valence-corrected chi connectivity index (χ4v) is 2.40. The van der Waals surface area contributed by atoms with E-state index in [-0.39, 0.29) is 11.3 Å². The van der Waals surface area contributed by atoms with Crippen molar-refractivity contribution < 1.29 is 9.72 Å². The van der Waals surface area contributed by atoms with Gasteiger partial charge in [0.25, 0.3) is 11.6 Å². The molecule has 2 aromatic rings. The number of para-hydroxylation sites is 1. The van der Waals surface area contributed by atoms with Crippen molar-refractivity contribution in [1.29, 1.82) is 0 Å². The minimum absolute atomic E-state index is 0.148. The number of alkyl halides is 3. The van der Waals surface area contributed by atoms with E-state index >= 15 is 0 Å². The number of amides is 1. The molecule has 0 aliphatic heterocycles. The predicted molar refractivity (Wildman–Crippen MR) is 99.7 cm³/mol. The van der Waals surface area contributed by atoms with Crippen LogP contribution in [0.5, 0.6) is 0 Å². The number of benzene rings is 2. The third-order valence-corrected chi connectivity index (χ3v) is 4.01. The average molecular weight is 423 g/mol. The molecule has 2 N–H and O–H groups in total. The van der Waals surface area contributed by atoms with Crippen LogP contribution >= 0.6 is 46.4 Å². The lowest BCUT2D eigenvalue weighted by atomic mass is 10.1. The Morgan fingerprint density at radius 2 is 1.68 bits per heavy atom. The van der Waals surface area contributed by atoms with Gasteiger partial charge in [-0.2, -0.15) is 0 Å². The highest BCUT2D eigenvalue weighted by Crippen LogP contribution is 2.32. The molecule has 10 heteroatoms. The first-order valence-corrected chi connectivity index (χ1v) is 8.33. The molecular formula is C15H11Cl4N3O3. The van der Waals surface area contributed by atoms with Crippen LogP contribution in [0.2, 0.25) is 5.02 Å². The lowest BCUT2D eigenvalue weighted by Crippen LogP contribution is -2.49. The lowest BCUT2D eigenvalue weighted by Gasteiger charge is -2.27. The van der Waals surface area contributed by atoms with Crippen molar-refractivity contribution in [3.8, 4) is 0 Å². The molecule has 25 heavy (non-hydrogen) atoms. The van der Waals surface area contributed by atoms with Crippen LogP contribution in [0.4, 0.5) is 11.4 Å². The molecule has 1 atom stereocenters. The Balaban J connectivity index is 2.24. The molecule has 0 spiro atoms. The highest BCUT2D eigenvalue weighted by atomic mass is 35.6. The van der Waals surface area contributed by atoms with E-state index in [4.69, 9.17) is 46.4 Å². The largest absolute Gasteiger partial charge is 0.362 e. The predicted octanol–water partition coefficient (Wildman–Crippen LogP) is 4.79. The minimum Gasteiger partial charge on any atom is -0.362 e. The van der Waals surface area contributed by atoms with Crippen LogP contribution in [0.3, 0.4) is 0 Å². The normalized spacial score (nSPS) is 12.3. The van der Waals surface area contributed by atoms with E-state index in [1.54, 1.807) is 24.3 Å². The Bertz CT molecular complexity index is 778. The monoisotopic (exact) mass is 421 g/mol. The summed E-state index contributed by atoms with van der Waals surface area (Å²) in [6, 6.07) is 12.0. The maximum absolute atomic E-state index is 12.4. The van der Waals surface area contributed by atoms with Crippen LogP contribution in [-0.4, -0.2) is 20.8 Å². The van der Waals surface area contributed by atoms with Crippen molar-refractivity contribution in [2.45, 2.75) is 9.96 Å². The van der Waals surface area contributed by atoms with Crippen LogP contribution in [-0.2, 0) is 0 Å². The molecule has 6 nitrogen and oxygen atoms in total. The number of nitrogens with one attached hydrogen (secondary N) is 2. The number of hydrogen-bond donors (Lipinski definition) is 2. The summed E-state index contributed by atoms with van der Waals surface area (Å²) in [5.41, 5.74) is 0.0304. The van der Waals surface area contributed by atoms with Crippen molar-refractivity contribution in [2.24, 2.45) is 0 Å². The Morgan fingerprint density at radius 1 is 1.08 bits per heavy atom. The second kappa shape index (κ2) is 8.10. The van der Waals surface area contributed by atoms with Crippen molar-refractivity contribution in [1.82, 2.24) is 5.32 Å². The number of nitro benzene ring substituents is 1. The third-order valence-electron chi connectivity index (χ3n) is 3.10. The molecule has 0 aliphatic carbocycles. The molecule has 2 rings (SSSR count). The SMILES string of the molecule is O=C(N[C@@H](Nc1ccc(Cl)cc1)C(Cl)(Cl)Cl)c1ccccc1[N+](=O)[O-]. The molecule has 0 radical (unpaired) electrons. The van der Waals surface area contributed by atoms with E-state index in [2.05, 4.69) is 10.6 Å². The van der Waals surface area contributed by atoms with Gasteiger partial charge in [-0.15, -0.1) is 0 Å². The zero-order chi connectivity index (χ0) is 18.6. The van der Waals surface area contributed by atoms with Gasteiger partial charge in [-0.3, -0.25) is 14.9 Å². The summed E-state index contributed by atoms with van der Waals surface area (Å²) in [6.07, 6.45) is -1.15. The van der Waals surface area contributed by atoms with Gasteiger partial charge in [0.1, 0.15) is 11.7 Å². The van der Waals surface area contributed by atoms with Gasteiger partial charge in [0.2, 0.25) is 3.79 Å². The van der Waals surface area contributed by atoms with Gasteiger partial charge >= 0.3 is 0 Å². The number of anilines is 1. The molecule has 0 bridgehead atoms. The molecule has 0 saturated heterocycles. The summed E-state index contributed by atoms with van der Waals surface area (Å²) in [5, 5.41) is 16.9. The maximum atomic E-state index is 12.4. The number of nitro groups is 1. The van der Waals surface area contributed by atoms with Gasteiger partial charge in [-0.1, -0.05) is 58.5 Å². The van der Waals surface area contributed by atoms with Crippen LogP contribution in [0.1, 0.15) is 10.4 Å². The fraction of sp³-hybridized carbons (Fsp3) is 0.133. The molecule has 0 unspecified atom stereocenters. The van der Waals surface area contributed by atoms with Gasteiger partial charge in [0.15, 0.2) is 0 Å². The molecule has 1 amide bonds. The quantitative estimate of drug-likeness (QED) is 0.314. The lowest BCUT2D eigenvalue weighted by molar-refractivity contribution is -0.385. The Hall–Kier alpha value is -1.73. The Kier molecular flexibility index (Phi) is 6.35. The standard InChI is InChI=1S/C15H11Cl4N3O3/c16-9-5-7-10(8-6-9)20-14(15(17,18)19)21-13(23)11-3-1-2-4-12(11)22(24)25/h1-8,14,20H,(H,21,23)/t14-/m1/s1. The van der Waals surface area contributed by atoms with E-state index in [1.165, 1.54) is 24.3 Å². The third kappa shape index (κ3) is 5.37. The van der Waals surface area contributed by atoms with Crippen LogP contribution in [0.15, 0.2) is 48.5 Å². The fourth-order valence-electron chi connectivity index (χ4n) is 1.95. The van der Waals surface area contributed by atoms with E-state index in [9.17, 15) is 14.9 Å². The first kappa shape index (κ1) is 19.6. The zero-order valence-corrected chi connectivity index (χ0v) is 15.4. The highest BCUT2D eigenvalue weighted by Gasteiger charge is 2.35. The molecule has 0 fully saturated rings. The Labute approximate surface area is 163 Å². The van der Waals surface area contributed by atoms with Gasteiger partial charge < -0.3 is 10.6 Å². The van der Waals surface area contributed by atoms with Crippen molar-refractivity contribution in [3.05, 3.63) is 69.2 Å². The van der Waals surface area contributed by atoms with E-state index in [0.29, 0.717) is 10.7 Å². The smallest absolute Gasteiger partial charge is 0.282 e. The molecular weight excluding hydrogens is 412 g/mol. The van der Waals surface area contributed by atoms with E-state index in [0.717, 1.165) is 0 Å². The molecule has 0 saturated carbocycles. The summed E-state index contributed by atoms with van der Waals surface area (Å²) >= 11 is 23.5. The molecule has 0 heterocycles. The number of nitrogens with zero attached hydrogens (tertiary/aromatic N) is 1. The summed E-state index contributed by atoms with van der Waals surface area (Å²) in [7, 11) is 0. The van der Waals surface area contributed by atoms with Crippen molar-refractivity contribution >= 4 is 63.7 Å². The number of carbonyl (C=O) groups is 1. The van der Waals surface area contributed by atoms with Crippen LogP contribution in [0.25, 0.3) is 0 Å². The van der Waals surface area contributed by atoms with Gasteiger partial charge in [0, 0.05) is 16.8 Å². The second-order valence-electron chi connectivity index (χ2n) is 4.87. The first-order valence-electron chi connectivity index (χ1n) is 6.81. The van der Waals surface area contributed by atoms with Crippen molar-refractivity contribution in [3.63, 3.8) is 0 Å². The van der Waals surface area contributed by atoms with E-state index < -0.39 is 20.8 Å². The molecule has 2 aromatic carbocycles. The minimum atomic E-state index is -1.92. The molecule has 0 aromatic heterocycles. The highest BCUT2D eigenvalue weighted by molar-refractivity contribution is 6.68. The number of carbonyl (C=O) groups excluding carboxylic acids is 1. The van der Waals surface area contributed by atoms with Gasteiger partial charge in [-0.25, -0.2) is 0 Å². The summed E-state index contributed by atoms with van der Waals surface area (Å²) < 4.78 is -1.92. The van der Waals surface area contributed by atoms with Crippen LogP contribution in [0, 0.1) is 10.1 Å². The van der Waals surface area contributed by atoms with Gasteiger partial charge in [-0.05, 0) is 30.3 Å². The van der Waals surface area contributed by atoms with Crippen molar-refractivity contribution in [2.75, 3.05) is 5.32 Å². The molecule has 132 valence electrons. The second-order valence-corrected chi connectivity index (χ2v) is 7.68. The summed E-state index contributed by atoms with van der Waals surface area (Å²) in [4.78, 5) is 22.8.